The minimum Gasteiger partial charge on any atom is -0.330 e. The number of hydrogen-bond donors (Lipinski definition) is 1. The molecule has 1 aromatic heterocycles. The van der Waals surface area contributed by atoms with Gasteiger partial charge in [-0.05, 0) is 36.9 Å². The highest BCUT2D eigenvalue weighted by atomic mass is 32.1. The summed E-state index contributed by atoms with van der Waals surface area (Å²) in [6, 6.07) is 8.79. The van der Waals surface area contributed by atoms with E-state index in [4.69, 9.17) is 0 Å². The molecule has 0 spiro atoms. The van der Waals surface area contributed by atoms with E-state index >= 15 is 0 Å². The zero-order valence-electron chi connectivity index (χ0n) is 14.0. The van der Waals surface area contributed by atoms with Crippen molar-refractivity contribution < 1.29 is 4.79 Å². The topological polar surface area (TPSA) is 45.2 Å². The number of nitrogens with one attached hydrogen (secondary N) is 1. The van der Waals surface area contributed by atoms with E-state index in [-0.39, 0.29) is 11.9 Å². The van der Waals surface area contributed by atoms with Crippen molar-refractivity contribution in [2.75, 3.05) is 20.1 Å². The van der Waals surface area contributed by atoms with Gasteiger partial charge in [-0.25, -0.2) is 4.98 Å². The molecule has 4 nitrogen and oxygen atoms in total. The van der Waals surface area contributed by atoms with E-state index in [0.29, 0.717) is 13.0 Å². The lowest BCUT2D eigenvalue weighted by atomic mass is 9.94. The van der Waals surface area contributed by atoms with Crippen molar-refractivity contribution >= 4 is 17.2 Å². The number of aromatic nitrogens is 1. The Hall–Kier alpha value is -1.72. The summed E-state index contributed by atoms with van der Waals surface area (Å²) in [5.41, 5.74) is 5.63. The summed E-state index contributed by atoms with van der Waals surface area (Å²) in [5, 5.41) is 3.08. The molecular formula is C19H23N3OS. The molecule has 4 rings (SSSR count). The molecule has 0 bridgehead atoms. The van der Waals surface area contributed by atoms with Crippen LogP contribution in [0.25, 0.3) is 0 Å². The third-order valence-corrected chi connectivity index (χ3v) is 5.92. The summed E-state index contributed by atoms with van der Waals surface area (Å²) in [7, 11) is 1.89. The fourth-order valence-electron chi connectivity index (χ4n) is 3.57. The first-order valence-electron chi connectivity index (χ1n) is 8.74. The molecule has 2 aliphatic rings. The molecular weight excluding hydrogens is 318 g/mol. The summed E-state index contributed by atoms with van der Waals surface area (Å²) in [4.78, 5) is 20.8. The number of fused-ring (bicyclic) bond motifs is 1. The average molecular weight is 341 g/mol. The van der Waals surface area contributed by atoms with Gasteiger partial charge in [-0.15, -0.1) is 11.3 Å². The van der Waals surface area contributed by atoms with E-state index in [1.165, 1.54) is 28.8 Å². The van der Waals surface area contributed by atoms with Crippen LogP contribution in [0.15, 0.2) is 29.8 Å². The van der Waals surface area contributed by atoms with Gasteiger partial charge in [0.1, 0.15) is 6.04 Å². The van der Waals surface area contributed by atoms with E-state index in [1.54, 1.807) is 11.3 Å². The van der Waals surface area contributed by atoms with Gasteiger partial charge in [0.2, 0.25) is 5.91 Å². The molecule has 2 heterocycles. The molecule has 1 fully saturated rings. The largest absolute Gasteiger partial charge is 0.330 e. The van der Waals surface area contributed by atoms with Crippen LogP contribution in [0.3, 0.4) is 0 Å². The Bertz CT molecular complexity index is 738. The summed E-state index contributed by atoms with van der Waals surface area (Å²) < 4.78 is 0. The van der Waals surface area contributed by atoms with Gasteiger partial charge in [0.25, 0.3) is 0 Å². The maximum atomic E-state index is 12.8. The minimum atomic E-state index is -0.0249. The van der Waals surface area contributed by atoms with Gasteiger partial charge in [-0.2, -0.15) is 0 Å². The lowest BCUT2D eigenvalue weighted by Gasteiger charge is -2.35. The first kappa shape index (κ1) is 15.8. The van der Waals surface area contributed by atoms with Gasteiger partial charge in [0.15, 0.2) is 0 Å². The molecule has 1 aliphatic heterocycles. The predicted molar refractivity (Wildman–Crippen MR) is 96.3 cm³/mol. The van der Waals surface area contributed by atoms with Crippen molar-refractivity contribution in [1.29, 1.82) is 0 Å². The Morgan fingerprint density at radius 1 is 1.38 bits per heavy atom. The van der Waals surface area contributed by atoms with E-state index in [2.05, 4.69) is 34.6 Å². The molecule has 1 amide bonds. The van der Waals surface area contributed by atoms with Crippen LogP contribution in [0.4, 0.5) is 0 Å². The second kappa shape index (κ2) is 6.65. The first-order chi connectivity index (χ1) is 11.8. The summed E-state index contributed by atoms with van der Waals surface area (Å²) in [6.45, 7) is 1.50. The van der Waals surface area contributed by atoms with Crippen LogP contribution in [0.5, 0.6) is 0 Å². The molecule has 1 saturated carbocycles. The Morgan fingerprint density at radius 3 is 3.00 bits per heavy atom. The van der Waals surface area contributed by atoms with Crippen molar-refractivity contribution in [3.63, 3.8) is 0 Å². The van der Waals surface area contributed by atoms with Gasteiger partial charge in [0, 0.05) is 30.8 Å². The number of nitrogens with zero attached hydrogens (tertiary/aromatic N) is 2. The van der Waals surface area contributed by atoms with Gasteiger partial charge >= 0.3 is 0 Å². The smallest absolute Gasteiger partial charge is 0.224 e. The zero-order valence-corrected chi connectivity index (χ0v) is 14.8. The second-order valence-corrected chi connectivity index (χ2v) is 7.64. The molecule has 0 saturated heterocycles. The quantitative estimate of drug-likeness (QED) is 0.909. The Morgan fingerprint density at radius 2 is 2.21 bits per heavy atom. The SMILES string of the molecule is CNCCC(=O)N1CCc2scnc2C1c1cccc(C2CC2)c1. The summed E-state index contributed by atoms with van der Waals surface area (Å²) >= 11 is 1.72. The molecule has 1 aliphatic carbocycles. The van der Waals surface area contributed by atoms with Crippen molar-refractivity contribution in [1.82, 2.24) is 15.2 Å². The number of rotatable bonds is 5. The maximum Gasteiger partial charge on any atom is 0.224 e. The predicted octanol–water partition coefficient (Wildman–Crippen LogP) is 3.10. The third-order valence-electron chi connectivity index (χ3n) is 5.01. The highest BCUT2D eigenvalue weighted by molar-refractivity contribution is 7.09. The Balaban J connectivity index is 1.70. The number of thiazole rings is 1. The number of benzene rings is 1. The van der Waals surface area contributed by atoms with E-state index < -0.39 is 0 Å². The normalized spacial score (nSPS) is 20.0. The average Bonchev–Trinajstić information content (AvgIpc) is 3.36. The van der Waals surface area contributed by atoms with Crippen molar-refractivity contribution in [3.05, 3.63) is 51.5 Å². The standard InChI is InChI=1S/C19H23N3OS/c1-20-9-7-17(23)22-10-8-16-18(21-12-24-16)19(22)15-4-2-3-14(11-15)13-5-6-13/h2-4,11-13,19-20H,5-10H2,1H3. The highest BCUT2D eigenvalue weighted by Crippen LogP contribution is 2.42. The van der Waals surface area contributed by atoms with Crippen LogP contribution < -0.4 is 5.32 Å². The fraction of sp³-hybridized carbons (Fsp3) is 0.474. The Labute approximate surface area is 146 Å². The minimum absolute atomic E-state index is 0.0249. The Kier molecular flexibility index (Phi) is 4.37. The van der Waals surface area contributed by atoms with E-state index in [1.807, 2.05) is 17.5 Å². The molecule has 0 radical (unpaired) electrons. The van der Waals surface area contributed by atoms with E-state index in [9.17, 15) is 4.79 Å². The van der Waals surface area contributed by atoms with Crippen molar-refractivity contribution in [2.45, 2.75) is 37.6 Å². The molecule has 1 unspecified atom stereocenters. The number of carbonyl (C=O) groups is 1. The number of amides is 1. The van der Waals surface area contributed by atoms with Crippen LogP contribution in [0.2, 0.25) is 0 Å². The number of hydrogen-bond acceptors (Lipinski definition) is 4. The molecule has 126 valence electrons. The van der Waals surface area contributed by atoms with Crippen molar-refractivity contribution in [2.24, 2.45) is 0 Å². The zero-order chi connectivity index (χ0) is 16.5. The fourth-order valence-corrected chi connectivity index (χ4v) is 4.36. The van der Waals surface area contributed by atoms with Gasteiger partial charge in [0.05, 0.1) is 11.2 Å². The van der Waals surface area contributed by atoms with Crippen LogP contribution in [0, 0.1) is 0 Å². The van der Waals surface area contributed by atoms with Gasteiger partial charge in [-0.1, -0.05) is 24.3 Å². The molecule has 24 heavy (non-hydrogen) atoms. The van der Waals surface area contributed by atoms with Gasteiger partial charge in [-0.3, -0.25) is 4.79 Å². The van der Waals surface area contributed by atoms with Crippen LogP contribution >= 0.6 is 11.3 Å². The lowest BCUT2D eigenvalue weighted by molar-refractivity contribution is -0.133. The molecule has 1 N–H and O–H groups in total. The maximum absolute atomic E-state index is 12.8. The van der Waals surface area contributed by atoms with Gasteiger partial charge < -0.3 is 10.2 Å². The summed E-state index contributed by atoms with van der Waals surface area (Å²) in [5.74, 6) is 0.932. The monoisotopic (exact) mass is 341 g/mol. The summed E-state index contributed by atoms with van der Waals surface area (Å²) in [6.07, 6.45) is 4.04. The van der Waals surface area contributed by atoms with Crippen LogP contribution in [0.1, 0.15) is 52.9 Å². The highest BCUT2D eigenvalue weighted by Gasteiger charge is 2.34. The van der Waals surface area contributed by atoms with Crippen molar-refractivity contribution in [3.8, 4) is 0 Å². The molecule has 1 atom stereocenters. The molecule has 5 heteroatoms. The van der Waals surface area contributed by atoms with Crippen LogP contribution in [-0.4, -0.2) is 35.9 Å². The number of carbonyl (C=O) groups excluding carboxylic acids is 1. The first-order valence-corrected chi connectivity index (χ1v) is 9.62. The second-order valence-electron chi connectivity index (χ2n) is 6.70. The lowest BCUT2D eigenvalue weighted by Crippen LogP contribution is -2.41. The van der Waals surface area contributed by atoms with E-state index in [0.717, 1.165) is 24.6 Å². The third kappa shape index (κ3) is 2.98. The molecule has 2 aromatic rings. The molecule has 1 aromatic carbocycles. The van der Waals surface area contributed by atoms with Crippen LogP contribution in [-0.2, 0) is 11.2 Å².